The summed E-state index contributed by atoms with van der Waals surface area (Å²) in [4.78, 5) is 19.8. The zero-order chi connectivity index (χ0) is 17.6. The Balaban J connectivity index is -0.000000269. The van der Waals surface area contributed by atoms with Crippen molar-refractivity contribution >= 4 is 11.9 Å². The summed E-state index contributed by atoms with van der Waals surface area (Å²) in [5.74, 6) is -1.74. The van der Waals surface area contributed by atoms with Crippen LogP contribution < -0.4 is 0 Å². The van der Waals surface area contributed by atoms with Crippen molar-refractivity contribution in [2.45, 2.75) is 64.7 Å². The molecule has 0 aromatic heterocycles. The number of unbranched alkanes of at least 4 members (excludes halogenated alkanes) is 4. The highest BCUT2D eigenvalue weighted by Gasteiger charge is 1.99. The lowest BCUT2D eigenvalue weighted by Crippen LogP contribution is -1.97. The molecular weight excluding hydrogens is 288 g/mol. The van der Waals surface area contributed by atoms with E-state index in [1.165, 1.54) is 0 Å². The largest absolute Gasteiger partial charge is 0.481 e. The van der Waals surface area contributed by atoms with E-state index in [0.29, 0.717) is 12.8 Å². The molecule has 4 N–H and O–H groups in total. The van der Waals surface area contributed by atoms with E-state index in [1.54, 1.807) is 0 Å². The minimum Gasteiger partial charge on any atom is -0.481 e. The van der Waals surface area contributed by atoms with Gasteiger partial charge >= 0.3 is 11.9 Å². The maximum atomic E-state index is 9.90. The number of rotatable bonds is 11. The summed E-state index contributed by atoms with van der Waals surface area (Å²) in [6.07, 6.45) is 7.80. The van der Waals surface area contributed by atoms with Gasteiger partial charge in [0, 0.05) is 26.1 Å². The van der Waals surface area contributed by atoms with Gasteiger partial charge in [0.2, 0.25) is 0 Å². The Morgan fingerprint density at radius 2 is 1.14 bits per heavy atom. The molecule has 0 radical (unpaired) electrons. The maximum Gasteiger partial charge on any atom is 0.303 e. The molecule has 0 atom stereocenters. The minimum absolute atomic E-state index is 0.0628. The Labute approximate surface area is 133 Å². The minimum atomic E-state index is -0.870. The van der Waals surface area contributed by atoms with E-state index in [9.17, 15) is 9.59 Å². The van der Waals surface area contributed by atoms with Crippen molar-refractivity contribution < 1.29 is 30.0 Å². The molecule has 0 aromatic rings. The van der Waals surface area contributed by atoms with Crippen LogP contribution >= 0.6 is 0 Å². The highest BCUT2D eigenvalue weighted by atomic mass is 16.4. The lowest BCUT2D eigenvalue weighted by molar-refractivity contribution is -0.139. The third-order valence-electron chi connectivity index (χ3n) is 2.39. The maximum absolute atomic E-state index is 9.90. The van der Waals surface area contributed by atoms with Crippen LogP contribution in [0, 0.1) is 0 Å². The number of aliphatic carboxylic acids is 2. The Morgan fingerprint density at radius 3 is 1.32 bits per heavy atom. The predicted molar refractivity (Wildman–Crippen MR) is 86.9 cm³/mol. The zero-order valence-corrected chi connectivity index (χ0v) is 13.7. The molecule has 0 aliphatic heterocycles. The number of carboxylic acids is 2. The lowest BCUT2D eigenvalue weighted by atomic mass is 10.2. The van der Waals surface area contributed by atoms with E-state index in [1.807, 2.05) is 6.08 Å². The average Bonchev–Trinajstić information content (AvgIpc) is 2.49. The standard InChI is InChI=1S/C6H10O4.C6H14O2.C4H8/c7-5(8)3-1-2-4-6(9)10;7-5-3-1-2-4-6-8;1-3-4-2/h1-4H2,(H,7,8)(H,9,10);7-8H,1-6H2;3H,1,4H2,2H3. The Kier molecular flexibility index (Phi) is 28.6. The van der Waals surface area contributed by atoms with Gasteiger partial charge in [-0.3, -0.25) is 9.59 Å². The third-order valence-corrected chi connectivity index (χ3v) is 2.39. The van der Waals surface area contributed by atoms with Crippen LogP contribution in [0.5, 0.6) is 0 Å². The van der Waals surface area contributed by atoms with Gasteiger partial charge in [-0.1, -0.05) is 25.8 Å². The monoisotopic (exact) mass is 320 g/mol. The zero-order valence-electron chi connectivity index (χ0n) is 13.7. The molecule has 22 heavy (non-hydrogen) atoms. The Hall–Kier alpha value is -1.40. The van der Waals surface area contributed by atoms with Gasteiger partial charge in [-0.05, 0) is 32.1 Å². The van der Waals surface area contributed by atoms with Gasteiger partial charge in [0.25, 0.3) is 0 Å². The van der Waals surface area contributed by atoms with E-state index >= 15 is 0 Å². The van der Waals surface area contributed by atoms with Crippen LogP contribution in [0.2, 0.25) is 0 Å². The molecule has 0 rings (SSSR count). The number of hydrogen-bond donors (Lipinski definition) is 4. The van der Waals surface area contributed by atoms with Crippen molar-refractivity contribution in [2.24, 2.45) is 0 Å². The molecule has 0 saturated heterocycles. The number of hydrogen-bond acceptors (Lipinski definition) is 4. The normalized spacial score (nSPS) is 8.86. The second-order valence-corrected chi connectivity index (χ2v) is 4.55. The predicted octanol–water partition coefficient (Wildman–Crippen LogP) is 2.83. The SMILES string of the molecule is C=CCC.O=C(O)CCCCC(=O)O.OCCCCCCO. The van der Waals surface area contributed by atoms with Crippen LogP contribution in [0.25, 0.3) is 0 Å². The van der Waals surface area contributed by atoms with Gasteiger partial charge in [-0.25, -0.2) is 0 Å². The molecule has 0 bridgehead atoms. The smallest absolute Gasteiger partial charge is 0.303 e. The van der Waals surface area contributed by atoms with E-state index in [-0.39, 0.29) is 26.1 Å². The van der Waals surface area contributed by atoms with Crippen molar-refractivity contribution in [1.82, 2.24) is 0 Å². The van der Waals surface area contributed by atoms with Crippen LogP contribution in [0.3, 0.4) is 0 Å². The van der Waals surface area contributed by atoms with Gasteiger partial charge in [0.1, 0.15) is 0 Å². The number of allylic oxidation sites excluding steroid dienone is 1. The van der Waals surface area contributed by atoms with Crippen LogP contribution in [0.15, 0.2) is 12.7 Å². The first-order valence-corrected chi connectivity index (χ1v) is 7.72. The van der Waals surface area contributed by atoms with Crippen LogP contribution in [-0.2, 0) is 9.59 Å². The Morgan fingerprint density at radius 1 is 0.818 bits per heavy atom. The summed E-state index contributed by atoms with van der Waals surface area (Å²) < 4.78 is 0. The summed E-state index contributed by atoms with van der Waals surface area (Å²) >= 11 is 0. The van der Waals surface area contributed by atoms with Gasteiger partial charge < -0.3 is 20.4 Å². The number of carboxylic acid groups (broad SMARTS) is 2. The van der Waals surface area contributed by atoms with Crippen molar-refractivity contribution in [1.29, 1.82) is 0 Å². The highest BCUT2D eigenvalue weighted by Crippen LogP contribution is 1.98. The molecular formula is C16H32O6. The summed E-state index contributed by atoms with van der Waals surface area (Å²) in [5.41, 5.74) is 0. The highest BCUT2D eigenvalue weighted by molar-refractivity contribution is 5.67. The molecule has 0 aromatic carbocycles. The Bertz CT molecular complexity index is 231. The molecule has 0 heterocycles. The van der Waals surface area contributed by atoms with Gasteiger partial charge in [0.15, 0.2) is 0 Å². The van der Waals surface area contributed by atoms with Crippen LogP contribution in [-0.4, -0.2) is 45.6 Å². The second kappa shape index (κ2) is 24.6. The number of carbonyl (C=O) groups is 2. The molecule has 0 fully saturated rings. The summed E-state index contributed by atoms with van der Waals surface area (Å²) in [6, 6.07) is 0. The van der Waals surface area contributed by atoms with Crippen molar-refractivity contribution in [3.63, 3.8) is 0 Å². The van der Waals surface area contributed by atoms with Crippen molar-refractivity contribution in [3.05, 3.63) is 12.7 Å². The molecule has 0 aliphatic carbocycles. The molecule has 6 nitrogen and oxygen atoms in total. The molecule has 0 spiro atoms. The van der Waals surface area contributed by atoms with E-state index in [0.717, 1.165) is 32.1 Å². The topological polar surface area (TPSA) is 115 Å². The van der Waals surface area contributed by atoms with Crippen LogP contribution in [0.4, 0.5) is 0 Å². The summed E-state index contributed by atoms with van der Waals surface area (Å²) in [7, 11) is 0. The van der Waals surface area contributed by atoms with Crippen molar-refractivity contribution in [3.8, 4) is 0 Å². The van der Waals surface area contributed by atoms with Gasteiger partial charge in [-0.15, -0.1) is 6.58 Å². The molecule has 0 unspecified atom stereocenters. The fourth-order valence-electron chi connectivity index (χ4n) is 1.13. The number of aliphatic hydroxyl groups excluding tert-OH is 2. The lowest BCUT2D eigenvalue weighted by Gasteiger charge is -1.93. The molecule has 0 saturated carbocycles. The third kappa shape index (κ3) is 42.8. The van der Waals surface area contributed by atoms with E-state index in [2.05, 4.69) is 13.5 Å². The van der Waals surface area contributed by atoms with Gasteiger partial charge in [-0.2, -0.15) is 0 Å². The first-order chi connectivity index (χ1) is 10.5. The fourth-order valence-corrected chi connectivity index (χ4v) is 1.13. The fraction of sp³-hybridized carbons (Fsp3) is 0.750. The molecule has 132 valence electrons. The first-order valence-electron chi connectivity index (χ1n) is 7.72. The molecule has 0 amide bonds. The van der Waals surface area contributed by atoms with Gasteiger partial charge in [0.05, 0.1) is 0 Å². The van der Waals surface area contributed by atoms with E-state index < -0.39 is 11.9 Å². The second-order valence-electron chi connectivity index (χ2n) is 4.55. The average molecular weight is 320 g/mol. The summed E-state index contributed by atoms with van der Waals surface area (Å²) in [6.45, 7) is 6.11. The number of aliphatic hydroxyl groups is 2. The van der Waals surface area contributed by atoms with Crippen LogP contribution in [0.1, 0.15) is 64.7 Å². The quantitative estimate of drug-likeness (QED) is 0.344. The molecule has 6 heteroatoms. The summed E-state index contributed by atoms with van der Waals surface area (Å²) in [5, 5.41) is 32.9. The first kappa shape index (κ1) is 25.5. The molecule has 0 aliphatic rings. The van der Waals surface area contributed by atoms with E-state index in [4.69, 9.17) is 20.4 Å². The van der Waals surface area contributed by atoms with Crippen molar-refractivity contribution in [2.75, 3.05) is 13.2 Å².